The van der Waals surface area contributed by atoms with Gasteiger partial charge in [0.2, 0.25) is 0 Å². The van der Waals surface area contributed by atoms with E-state index in [1.807, 2.05) is 31.2 Å². The lowest BCUT2D eigenvalue weighted by atomic mass is 10.0. The number of aryl methyl sites for hydroxylation is 1. The summed E-state index contributed by atoms with van der Waals surface area (Å²) in [6.45, 7) is 1.35. The molecule has 0 bridgehead atoms. The molecule has 1 aromatic heterocycles. The normalized spacial score (nSPS) is 15.3. The van der Waals surface area contributed by atoms with Gasteiger partial charge in [-0.15, -0.1) is 0 Å². The van der Waals surface area contributed by atoms with Crippen molar-refractivity contribution in [3.63, 3.8) is 0 Å². The summed E-state index contributed by atoms with van der Waals surface area (Å²) in [5.41, 5.74) is 2.14. The quantitative estimate of drug-likeness (QED) is 0.295. The molecule has 33 heavy (non-hydrogen) atoms. The molecule has 2 aromatic carbocycles. The maximum Gasteiger partial charge on any atom is 0.340 e. The number of furan rings is 1. The first-order valence-electron chi connectivity index (χ1n) is 9.94. The molecule has 10 heteroatoms. The van der Waals surface area contributed by atoms with Crippen molar-refractivity contribution in [2.75, 3.05) is 6.61 Å². The Bertz CT molecular complexity index is 1240. The summed E-state index contributed by atoms with van der Waals surface area (Å²) >= 11 is 5.97. The molecule has 1 aliphatic rings. The molecule has 0 fully saturated rings. The first-order valence-corrected chi connectivity index (χ1v) is 10.3. The third-order valence-electron chi connectivity index (χ3n) is 5.13. The molecule has 0 saturated heterocycles. The van der Waals surface area contributed by atoms with Crippen LogP contribution in [0, 0.1) is 17.0 Å². The van der Waals surface area contributed by atoms with Gasteiger partial charge in [-0.25, -0.2) is 9.80 Å². The number of ether oxygens (including phenoxy) is 1. The molecule has 9 nitrogen and oxygen atoms in total. The number of carbonyl (C=O) groups excluding carboxylic acids is 2. The zero-order valence-electron chi connectivity index (χ0n) is 17.4. The largest absolute Gasteiger partial charge is 0.467 e. The number of nitro groups is 1. The van der Waals surface area contributed by atoms with E-state index in [4.69, 9.17) is 20.8 Å². The maximum atomic E-state index is 12.9. The number of non-ortho nitro benzene ring substituents is 1. The Hall–Kier alpha value is -3.98. The van der Waals surface area contributed by atoms with Crippen molar-refractivity contribution >= 4 is 34.9 Å². The van der Waals surface area contributed by atoms with E-state index in [1.165, 1.54) is 23.4 Å². The predicted molar refractivity (Wildman–Crippen MR) is 119 cm³/mol. The van der Waals surface area contributed by atoms with Crippen LogP contribution in [0.4, 0.5) is 5.69 Å². The number of hydrazone groups is 1. The van der Waals surface area contributed by atoms with Crippen LogP contribution in [0.3, 0.4) is 0 Å². The number of hydrogen-bond acceptors (Lipinski definition) is 7. The number of benzene rings is 2. The van der Waals surface area contributed by atoms with Gasteiger partial charge in [0.05, 0.1) is 27.5 Å². The second-order valence-corrected chi connectivity index (χ2v) is 7.79. The second kappa shape index (κ2) is 9.25. The van der Waals surface area contributed by atoms with Gasteiger partial charge in [-0.05, 0) is 30.7 Å². The van der Waals surface area contributed by atoms with Crippen molar-refractivity contribution in [1.82, 2.24) is 5.01 Å². The number of rotatable bonds is 6. The van der Waals surface area contributed by atoms with Crippen LogP contribution in [0.1, 0.15) is 39.7 Å². The van der Waals surface area contributed by atoms with Crippen molar-refractivity contribution in [1.29, 1.82) is 0 Å². The van der Waals surface area contributed by atoms with Gasteiger partial charge in [0, 0.05) is 18.6 Å². The number of carbonyl (C=O) groups is 2. The van der Waals surface area contributed by atoms with Gasteiger partial charge in [0.15, 0.2) is 6.61 Å². The van der Waals surface area contributed by atoms with Crippen LogP contribution in [-0.4, -0.2) is 34.1 Å². The lowest BCUT2D eigenvalue weighted by Crippen LogP contribution is -2.31. The second-order valence-electron chi connectivity index (χ2n) is 7.38. The van der Waals surface area contributed by atoms with Crippen molar-refractivity contribution in [3.05, 3.63) is 98.4 Å². The van der Waals surface area contributed by atoms with Crippen LogP contribution < -0.4 is 0 Å². The summed E-state index contributed by atoms with van der Waals surface area (Å²) in [4.78, 5) is 35.7. The average molecular weight is 468 g/mol. The molecule has 0 N–H and O–H groups in total. The molecule has 1 aliphatic heterocycles. The minimum Gasteiger partial charge on any atom is -0.467 e. The summed E-state index contributed by atoms with van der Waals surface area (Å²) < 4.78 is 10.6. The van der Waals surface area contributed by atoms with E-state index in [1.54, 1.807) is 12.1 Å². The standard InChI is InChI=1S/C23H18ClN3O6/c1-14-4-6-15(7-5-14)19-12-20(21-3-2-10-32-21)26(25-19)22(28)13-33-23(29)17-11-16(27(30)31)8-9-18(17)24/h2-11,20H,12-13H2,1H3. The summed E-state index contributed by atoms with van der Waals surface area (Å²) in [6, 6.07) is 14.1. The van der Waals surface area contributed by atoms with Gasteiger partial charge in [-0.2, -0.15) is 5.10 Å². The van der Waals surface area contributed by atoms with Crippen molar-refractivity contribution < 1.29 is 23.7 Å². The topological polar surface area (TPSA) is 115 Å². The van der Waals surface area contributed by atoms with E-state index in [2.05, 4.69) is 5.10 Å². The van der Waals surface area contributed by atoms with E-state index in [9.17, 15) is 19.7 Å². The van der Waals surface area contributed by atoms with Crippen LogP contribution >= 0.6 is 11.6 Å². The summed E-state index contributed by atoms with van der Waals surface area (Å²) in [5, 5.41) is 16.6. The number of amides is 1. The third-order valence-corrected chi connectivity index (χ3v) is 5.46. The number of hydrogen-bond donors (Lipinski definition) is 0. The van der Waals surface area contributed by atoms with Crippen LogP contribution in [0.15, 0.2) is 70.4 Å². The number of halogens is 1. The fraction of sp³-hybridized carbons (Fsp3) is 0.174. The zero-order valence-corrected chi connectivity index (χ0v) is 18.2. The number of esters is 1. The molecular weight excluding hydrogens is 450 g/mol. The molecule has 3 aromatic rings. The molecule has 0 spiro atoms. The number of nitro benzene ring substituents is 1. The van der Waals surface area contributed by atoms with Crippen LogP contribution in [0.5, 0.6) is 0 Å². The summed E-state index contributed by atoms with van der Waals surface area (Å²) in [7, 11) is 0. The lowest BCUT2D eigenvalue weighted by Gasteiger charge is -2.19. The third kappa shape index (κ3) is 4.78. The number of nitrogens with zero attached hydrogens (tertiary/aromatic N) is 3. The van der Waals surface area contributed by atoms with E-state index in [-0.39, 0.29) is 16.3 Å². The Morgan fingerprint density at radius 3 is 2.67 bits per heavy atom. The van der Waals surface area contributed by atoms with E-state index >= 15 is 0 Å². The fourth-order valence-electron chi connectivity index (χ4n) is 3.42. The monoisotopic (exact) mass is 467 g/mol. The van der Waals surface area contributed by atoms with Crippen LogP contribution in [0.25, 0.3) is 0 Å². The van der Waals surface area contributed by atoms with Gasteiger partial charge >= 0.3 is 5.97 Å². The van der Waals surface area contributed by atoms with Crippen LogP contribution in [0.2, 0.25) is 5.02 Å². The molecule has 4 rings (SSSR count). The predicted octanol–water partition coefficient (Wildman–Crippen LogP) is 4.68. The summed E-state index contributed by atoms with van der Waals surface area (Å²) in [5.74, 6) is -0.982. The molecule has 1 unspecified atom stereocenters. The van der Waals surface area contributed by atoms with Gasteiger partial charge < -0.3 is 9.15 Å². The lowest BCUT2D eigenvalue weighted by molar-refractivity contribution is -0.384. The van der Waals surface area contributed by atoms with Crippen molar-refractivity contribution in [3.8, 4) is 0 Å². The Kier molecular flexibility index (Phi) is 6.23. The SMILES string of the molecule is Cc1ccc(C2=NN(C(=O)COC(=O)c3cc([N+](=O)[O-])ccc3Cl)C(c3ccco3)C2)cc1. The molecule has 2 heterocycles. The summed E-state index contributed by atoms with van der Waals surface area (Å²) in [6.07, 6.45) is 1.93. The molecule has 0 saturated carbocycles. The van der Waals surface area contributed by atoms with Gasteiger partial charge in [0.1, 0.15) is 11.8 Å². The molecular formula is C23H18ClN3O6. The Morgan fingerprint density at radius 1 is 1.24 bits per heavy atom. The first-order chi connectivity index (χ1) is 15.8. The Balaban J connectivity index is 1.52. The highest BCUT2D eigenvalue weighted by Gasteiger charge is 2.35. The minimum absolute atomic E-state index is 0.0210. The highest BCUT2D eigenvalue weighted by Crippen LogP contribution is 2.33. The smallest absolute Gasteiger partial charge is 0.340 e. The average Bonchev–Trinajstić information content (AvgIpc) is 3.48. The van der Waals surface area contributed by atoms with E-state index < -0.39 is 29.4 Å². The fourth-order valence-corrected chi connectivity index (χ4v) is 3.61. The van der Waals surface area contributed by atoms with Gasteiger partial charge in [0.25, 0.3) is 11.6 Å². The molecule has 0 radical (unpaired) electrons. The Morgan fingerprint density at radius 2 is 2.00 bits per heavy atom. The first kappa shape index (κ1) is 22.2. The van der Waals surface area contributed by atoms with Gasteiger partial charge in [-0.3, -0.25) is 14.9 Å². The highest BCUT2D eigenvalue weighted by atomic mass is 35.5. The minimum atomic E-state index is -0.950. The molecule has 1 atom stereocenters. The molecule has 0 aliphatic carbocycles. The van der Waals surface area contributed by atoms with Gasteiger partial charge in [-0.1, -0.05) is 41.4 Å². The highest BCUT2D eigenvalue weighted by molar-refractivity contribution is 6.33. The van der Waals surface area contributed by atoms with Crippen molar-refractivity contribution in [2.24, 2.45) is 5.10 Å². The molecule has 1 amide bonds. The maximum absolute atomic E-state index is 12.9. The zero-order chi connectivity index (χ0) is 23.5. The van der Waals surface area contributed by atoms with Crippen molar-refractivity contribution in [2.45, 2.75) is 19.4 Å². The molecule has 168 valence electrons. The Labute approximate surface area is 193 Å². The van der Waals surface area contributed by atoms with E-state index in [0.717, 1.165) is 17.2 Å². The van der Waals surface area contributed by atoms with E-state index in [0.29, 0.717) is 17.9 Å². The van der Waals surface area contributed by atoms with Crippen LogP contribution in [-0.2, 0) is 9.53 Å².